The Hall–Kier alpha value is -0.580. The van der Waals surface area contributed by atoms with Crippen molar-refractivity contribution in [2.45, 2.75) is 96.8 Å². The van der Waals surface area contributed by atoms with Gasteiger partial charge in [-0.15, -0.1) is 0 Å². The molecule has 0 N–H and O–H groups in total. The molecule has 0 bridgehead atoms. The first-order valence-electron chi connectivity index (χ1n) is 10.6. The number of aryl methyl sites for hydroxylation is 1. The Morgan fingerprint density at radius 3 is 1.73 bits per heavy atom. The second-order valence-corrected chi connectivity index (χ2v) is 8.42. The number of benzene rings is 1. The molecule has 0 aliphatic heterocycles. The van der Waals surface area contributed by atoms with E-state index < -0.39 is 0 Å². The molecule has 0 unspecified atom stereocenters. The number of halogens is 1. The molecular weight excluding hydrogens is 435 g/mol. The molecule has 1 aromatic carbocycles. The Balaban J connectivity index is 1.77. The van der Waals surface area contributed by atoms with Crippen LogP contribution in [0.3, 0.4) is 0 Å². The third-order valence-corrected chi connectivity index (χ3v) is 5.53. The molecule has 148 valence electrons. The van der Waals surface area contributed by atoms with Crippen LogP contribution >= 0.6 is 22.6 Å². The minimum absolute atomic E-state index is 0.0361. The van der Waals surface area contributed by atoms with Crippen LogP contribution in [0.25, 0.3) is 0 Å². The SMILES string of the molecule is CCOC(=O)CCCCCCCCCCCCCCc1ccc(I)cc1. The van der Waals surface area contributed by atoms with Crippen LogP contribution in [0.1, 0.15) is 96.0 Å². The number of unbranched alkanes of at least 4 members (excludes halogenated alkanes) is 11. The van der Waals surface area contributed by atoms with Gasteiger partial charge in [-0.05, 0) is 66.5 Å². The summed E-state index contributed by atoms with van der Waals surface area (Å²) in [5.74, 6) is -0.0361. The van der Waals surface area contributed by atoms with E-state index in [4.69, 9.17) is 4.74 Å². The van der Waals surface area contributed by atoms with Crippen molar-refractivity contribution in [1.82, 2.24) is 0 Å². The number of rotatable bonds is 16. The second-order valence-electron chi connectivity index (χ2n) is 7.17. The van der Waals surface area contributed by atoms with Crippen LogP contribution in [0.5, 0.6) is 0 Å². The average molecular weight is 472 g/mol. The maximum Gasteiger partial charge on any atom is 0.305 e. The van der Waals surface area contributed by atoms with Crippen LogP contribution in [0.4, 0.5) is 0 Å². The van der Waals surface area contributed by atoms with Gasteiger partial charge in [0.2, 0.25) is 0 Å². The van der Waals surface area contributed by atoms with E-state index in [0.717, 1.165) is 6.42 Å². The average Bonchev–Trinajstić information content (AvgIpc) is 2.63. The molecule has 0 aliphatic carbocycles. The van der Waals surface area contributed by atoms with Gasteiger partial charge in [0.1, 0.15) is 0 Å². The summed E-state index contributed by atoms with van der Waals surface area (Å²) in [5, 5.41) is 0. The first-order valence-corrected chi connectivity index (χ1v) is 11.7. The number of carbonyl (C=O) groups is 1. The second kappa shape index (κ2) is 16.6. The highest BCUT2D eigenvalue weighted by atomic mass is 127. The lowest BCUT2D eigenvalue weighted by atomic mass is 10.0. The third kappa shape index (κ3) is 13.6. The van der Waals surface area contributed by atoms with E-state index in [1.54, 1.807) is 0 Å². The number of carbonyl (C=O) groups excluding carboxylic acids is 1. The van der Waals surface area contributed by atoms with Crippen LogP contribution in [-0.4, -0.2) is 12.6 Å². The molecule has 0 radical (unpaired) electrons. The molecule has 0 spiro atoms. The van der Waals surface area contributed by atoms with Gasteiger partial charge in [0.15, 0.2) is 0 Å². The first-order chi connectivity index (χ1) is 12.7. The highest BCUT2D eigenvalue weighted by Crippen LogP contribution is 2.14. The molecule has 0 fully saturated rings. The zero-order valence-corrected chi connectivity index (χ0v) is 18.8. The van der Waals surface area contributed by atoms with Crippen molar-refractivity contribution in [3.8, 4) is 0 Å². The van der Waals surface area contributed by atoms with Gasteiger partial charge in [0.05, 0.1) is 6.61 Å². The fraction of sp³-hybridized carbons (Fsp3) is 0.696. The highest BCUT2D eigenvalue weighted by molar-refractivity contribution is 14.1. The smallest absolute Gasteiger partial charge is 0.305 e. The van der Waals surface area contributed by atoms with E-state index in [1.165, 1.54) is 86.2 Å². The van der Waals surface area contributed by atoms with Gasteiger partial charge < -0.3 is 4.74 Å². The van der Waals surface area contributed by atoms with E-state index in [1.807, 2.05) is 6.92 Å². The Morgan fingerprint density at radius 1 is 0.769 bits per heavy atom. The van der Waals surface area contributed by atoms with Crippen molar-refractivity contribution in [1.29, 1.82) is 0 Å². The van der Waals surface area contributed by atoms with E-state index >= 15 is 0 Å². The molecular formula is C23H37IO2. The predicted octanol–water partition coefficient (Wildman–Crippen LogP) is 7.47. The molecule has 3 heteroatoms. The van der Waals surface area contributed by atoms with E-state index in [0.29, 0.717) is 13.0 Å². The van der Waals surface area contributed by atoms with Crippen LogP contribution in [0.15, 0.2) is 24.3 Å². The van der Waals surface area contributed by atoms with Gasteiger partial charge in [0.25, 0.3) is 0 Å². The van der Waals surface area contributed by atoms with E-state index in [9.17, 15) is 4.79 Å². The van der Waals surface area contributed by atoms with Gasteiger partial charge in [0, 0.05) is 9.99 Å². The van der Waals surface area contributed by atoms with Gasteiger partial charge in [-0.1, -0.05) is 76.3 Å². The first kappa shape index (κ1) is 23.5. The summed E-state index contributed by atoms with van der Waals surface area (Å²) < 4.78 is 6.26. The highest BCUT2D eigenvalue weighted by Gasteiger charge is 2.00. The number of ether oxygens (including phenoxy) is 1. The monoisotopic (exact) mass is 472 g/mol. The van der Waals surface area contributed by atoms with Crippen LogP contribution in [-0.2, 0) is 16.0 Å². The molecule has 26 heavy (non-hydrogen) atoms. The summed E-state index contributed by atoms with van der Waals surface area (Å²) in [6.45, 7) is 2.37. The molecule has 2 nitrogen and oxygen atoms in total. The minimum Gasteiger partial charge on any atom is -0.466 e. The van der Waals surface area contributed by atoms with Gasteiger partial charge >= 0.3 is 5.97 Å². The van der Waals surface area contributed by atoms with Crippen LogP contribution in [0, 0.1) is 3.57 Å². The van der Waals surface area contributed by atoms with Gasteiger partial charge in [-0.2, -0.15) is 0 Å². The van der Waals surface area contributed by atoms with Gasteiger partial charge in [-0.25, -0.2) is 0 Å². The largest absolute Gasteiger partial charge is 0.466 e. The number of hydrogen-bond acceptors (Lipinski definition) is 2. The summed E-state index contributed by atoms with van der Waals surface area (Å²) in [7, 11) is 0. The Bertz CT molecular complexity index is 456. The standard InChI is InChI=1S/C23H37IO2/c1-2-26-23(25)16-14-12-10-8-6-4-3-5-7-9-11-13-15-21-17-19-22(24)20-18-21/h17-20H,2-16H2,1H3. The van der Waals surface area contributed by atoms with Crippen LogP contribution < -0.4 is 0 Å². The van der Waals surface area contributed by atoms with Crippen molar-refractivity contribution in [3.63, 3.8) is 0 Å². The summed E-state index contributed by atoms with van der Waals surface area (Å²) in [5.41, 5.74) is 1.48. The van der Waals surface area contributed by atoms with E-state index in [2.05, 4.69) is 46.9 Å². The fourth-order valence-electron chi connectivity index (χ4n) is 3.25. The lowest BCUT2D eigenvalue weighted by Gasteiger charge is -2.04. The molecule has 1 rings (SSSR count). The zero-order chi connectivity index (χ0) is 18.9. The maximum absolute atomic E-state index is 11.2. The molecule has 0 amide bonds. The number of esters is 1. The number of hydrogen-bond donors (Lipinski definition) is 0. The zero-order valence-electron chi connectivity index (χ0n) is 16.6. The predicted molar refractivity (Wildman–Crippen MR) is 120 cm³/mol. The van der Waals surface area contributed by atoms with Crippen molar-refractivity contribution in [2.75, 3.05) is 6.61 Å². The lowest BCUT2D eigenvalue weighted by molar-refractivity contribution is -0.143. The Labute approximate surface area is 174 Å². The molecule has 0 saturated carbocycles. The quantitative estimate of drug-likeness (QED) is 0.142. The van der Waals surface area contributed by atoms with Crippen molar-refractivity contribution in [3.05, 3.63) is 33.4 Å². The Kier molecular flexibility index (Phi) is 15.0. The molecule has 0 atom stereocenters. The topological polar surface area (TPSA) is 26.3 Å². The third-order valence-electron chi connectivity index (χ3n) is 4.81. The van der Waals surface area contributed by atoms with Crippen molar-refractivity contribution in [2.24, 2.45) is 0 Å². The maximum atomic E-state index is 11.2. The lowest BCUT2D eigenvalue weighted by Crippen LogP contribution is -2.03. The molecule has 0 aromatic heterocycles. The summed E-state index contributed by atoms with van der Waals surface area (Å²) in [6.07, 6.45) is 17.5. The molecule has 0 saturated heterocycles. The van der Waals surface area contributed by atoms with Gasteiger partial charge in [-0.3, -0.25) is 4.79 Å². The van der Waals surface area contributed by atoms with Crippen LogP contribution in [0.2, 0.25) is 0 Å². The normalized spacial score (nSPS) is 10.8. The van der Waals surface area contributed by atoms with Crippen molar-refractivity contribution >= 4 is 28.6 Å². The summed E-state index contributed by atoms with van der Waals surface area (Å²) >= 11 is 2.36. The molecule has 1 aromatic rings. The van der Waals surface area contributed by atoms with E-state index in [-0.39, 0.29) is 5.97 Å². The van der Waals surface area contributed by atoms with Crippen molar-refractivity contribution < 1.29 is 9.53 Å². The summed E-state index contributed by atoms with van der Waals surface area (Å²) in [6, 6.07) is 8.93. The summed E-state index contributed by atoms with van der Waals surface area (Å²) in [4.78, 5) is 11.2. The fourth-order valence-corrected chi connectivity index (χ4v) is 3.61. The molecule has 0 aliphatic rings. The molecule has 0 heterocycles. The Morgan fingerprint density at radius 2 is 1.23 bits per heavy atom. The minimum atomic E-state index is -0.0361.